The molecule has 0 spiro atoms. The lowest BCUT2D eigenvalue weighted by atomic mass is 10.0. The zero-order valence-electron chi connectivity index (χ0n) is 10.9. The fraction of sp³-hybridized carbons (Fsp3) is 0.917. The summed E-state index contributed by atoms with van der Waals surface area (Å²) in [6, 6.07) is 1.18. The number of nitrogens with one attached hydrogen (secondary N) is 1. The van der Waals surface area contributed by atoms with E-state index in [2.05, 4.69) is 16.6 Å². The van der Waals surface area contributed by atoms with Gasteiger partial charge in [0.1, 0.15) is 0 Å². The van der Waals surface area contributed by atoms with Crippen molar-refractivity contribution in [3.05, 3.63) is 6.42 Å². The minimum atomic E-state index is -3.00. The fourth-order valence-corrected chi connectivity index (χ4v) is 3.51. The van der Waals surface area contributed by atoms with Gasteiger partial charge in [0, 0.05) is 31.4 Å². The van der Waals surface area contributed by atoms with E-state index in [1.165, 1.54) is 19.1 Å². The van der Waals surface area contributed by atoms with Crippen molar-refractivity contribution >= 4 is 9.84 Å². The molecular weight excluding hydrogens is 252 g/mol. The van der Waals surface area contributed by atoms with Gasteiger partial charge in [0.2, 0.25) is 0 Å². The monoisotopic (exact) mass is 275 g/mol. The summed E-state index contributed by atoms with van der Waals surface area (Å²) in [6.45, 7) is 0.993. The van der Waals surface area contributed by atoms with Crippen molar-refractivity contribution in [1.29, 1.82) is 0 Å². The number of aliphatic hydroxyl groups excluding tert-OH is 1. The van der Waals surface area contributed by atoms with Gasteiger partial charge in [-0.1, -0.05) is 0 Å². The van der Waals surface area contributed by atoms with E-state index in [4.69, 9.17) is 0 Å². The van der Waals surface area contributed by atoms with Crippen molar-refractivity contribution in [3.8, 4) is 0 Å². The smallest absolute Gasteiger partial charge is 0.160 e. The second kappa shape index (κ2) is 5.86. The number of piperidine rings is 1. The second-order valence-corrected chi connectivity index (χ2v) is 7.66. The summed E-state index contributed by atoms with van der Waals surface area (Å²) in [5.74, 6) is -0.0648. The summed E-state index contributed by atoms with van der Waals surface area (Å²) in [7, 11) is -3.00. The Hall–Kier alpha value is -0.170. The first kappa shape index (κ1) is 14.2. The maximum absolute atomic E-state index is 11.0. The summed E-state index contributed by atoms with van der Waals surface area (Å²) in [6.07, 6.45) is 7.75. The Balaban J connectivity index is 1.72. The van der Waals surface area contributed by atoms with Crippen LogP contribution < -0.4 is 5.32 Å². The first-order chi connectivity index (χ1) is 8.46. The number of fused-ring (bicyclic) bond motifs is 2. The molecule has 0 aromatic heterocycles. The molecule has 2 fully saturated rings. The lowest BCUT2D eigenvalue weighted by Crippen LogP contribution is -2.46. The molecule has 0 aromatic rings. The van der Waals surface area contributed by atoms with Crippen molar-refractivity contribution < 1.29 is 13.5 Å². The van der Waals surface area contributed by atoms with Crippen LogP contribution in [-0.2, 0) is 9.84 Å². The molecule has 2 aliphatic heterocycles. The topological polar surface area (TPSA) is 69.6 Å². The third-order valence-electron chi connectivity index (χ3n) is 3.81. The van der Waals surface area contributed by atoms with Crippen molar-refractivity contribution in [3.63, 3.8) is 0 Å². The molecule has 2 bridgehead atoms. The van der Waals surface area contributed by atoms with Crippen LogP contribution in [0.3, 0.4) is 0 Å². The number of hydrogen-bond acceptors (Lipinski definition) is 5. The first-order valence-corrected chi connectivity index (χ1v) is 8.65. The molecule has 2 aliphatic rings. The van der Waals surface area contributed by atoms with Crippen LogP contribution >= 0.6 is 0 Å². The Bertz CT molecular complexity index is 356. The Kier molecular flexibility index (Phi) is 4.64. The largest absolute Gasteiger partial charge is 0.390 e. The van der Waals surface area contributed by atoms with Gasteiger partial charge in [-0.15, -0.1) is 0 Å². The lowest BCUT2D eigenvalue weighted by Gasteiger charge is -2.35. The van der Waals surface area contributed by atoms with Gasteiger partial charge in [-0.05, 0) is 32.1 Å². The van der Waals surface area contributed by atoms with Gasteiger partial charge in [-0.3, -0.25) is 4.90 Å². The average molecular weight is 275 g/mol. The molecule has 0 aromatic carbocycles. The lowest BCUT2D eigenvalue weighted by molar-refractivity contribution is 0.0729. The molecule has 0 saturated carbocycles. The number of rotatable bonds is 6. The quantitative estimate of drug-likeness (QED) is 0.701. The van der Waals surface area contributed by atoms with E-state index in [1.54, 1.807) is 0 Å². The van der Waals surface area contributed by atoms with Crippen LogP contribution in [-0.4, -0.2) is 61.8 Å². The predicted octanol–water partition coefficient (Wildman–Crippen LogP) is -0.230. The van der Waals surface area contributed by atoms with Crippen LogP contribution in [0.1, 0.15) is 25.7 Å². The van der Waals surface area contributed by atoms with Crippen molar-refractivity contribution in [2.75, 3.05) is 25.2 Å². The summed E-state index contributed by atoms with van der Waals surface area (Å²) in [5.41, 5.74) is 0. The minimum absolute atomic E-state index is 0.0648. The molecule has 2 heterocycles. The number of aliphatic hydroxyl groups is 1. The fourth-order valence-electron chi connectivity index (χ4n) is 3.02. The molecule has 0 aliphatic carbocycles. The molecule has 2 unspecified atom stereocenters. The maximum Gasteiger partial charge on any atom is 0.160 e. The molecule has 3 atom stereocenters. The summed E-state index contributed by atoms with van der Waals surface area (Å²) in [4.78, 5) is 2.40. The second-order valence-electron chi connectivity index (χ2n) is 5.52. The molecule has 5 nitrogen and oxygen atoms in total. The number of sulfone groups is 1. The molecule has 2 N–H and O–H groups in total. The van der Waals surface area contributed by atoms with Crippen LogP contribution in [0.5, 0.6) is 0 Å². The number of nitrogens with zero attached hydrogens (tertiary/aromatic N) is 1. The maximum atomic E-state index is 11.0. The summed E-state index contributed by atoms with van der Waals surface area (Å²) in [5, 5.41) is 12.7. The van der Waals surface area contributed by atoms with Crippen molar-refractivity contribution in [2.45, 2.75) is 43.9 Å². The van der Waals surface area contributed by atoms with E-state index in [0.717, 1.165) is 12.8 Å². The van der Waals surface area contributed by atoms with Gasteiger partial charge in [0.25, 0.3) is 0 Å². The van der Waals surface area contributed by atoms with Gasteiger partial charge in [-0.2, -0.15) is 0 Å². The van der Waals surface area contributed by atoms with Crippen molar-refractivity contribution in [1.82, 2.24) is 10.2 Å². The summed E-state index contributed by atoms with van der Waals surface area (Å²) < 4.78 is 21.9. The van der Waals surface area contributed by atoms with E-state index < -0.39 is 15.9 Å². The highest BCUT2D eigenvalue weighted by molar-refractivity contribution is 7.90. The van der Waals surface area contributed by atoms with Gasteiger partial charge in [0.15, 0.2) is 9.84 Å². The van der Waals surface area contributed by atoms with E-state index in [0.29, 0.717) is 25.2 Å². The number of hydrogen-bond donors (Lipinski definition) is 2. The van der Waals surface area contributed by atoms with Gasteiger partial charge < -0.3 is 10.4 Å². The molecular formula is C12H23N2O3S. The van der Waals surface area contributed by atoms with E-state index in [1.807, 2.05) is 0 Å². The van der Waals surface area contributed by atoms with Crippen LogP contribution in [0.15, 0.2) is 0 Å². The normalized spacial score (nSPS) is 30.6. The van der Waals surface area contributed by atoms with E-state index in [9.17, 15) is 13.5 Å². The standard InChI is InChI=1S/C12H23N2O3S/c1-18(16,17)9-13-7-12(15)8-14-10-3-2-4-11(14)6-5-10/h2,10-13,15H,3-9H2,1H3/t10?,11?,12-/m1/s1. The highest BCUT2D eigenvalue weighted by Gasteiger charge is 2.37. The van der Waals surface area contributed by atoms with Crippen LogP contribution in [0.4, 0.5) is 0 Å². The van der Waals surface area contributed by atoms with Gasteiger partial charge in [-0.25, -0.2) is 8.42 Å². The Labute approximate surface area is 109 Å². The molecule has 0 amide bonds. The minimum Gasteiger partial charge on any atom is -0.390 e. The highest BCUT2D eigenvalue weighted by atomic mass is 32.2. The summed E-state index contributed by atoms with van der Waals surface area (Å²) >= 11 is 0. The van der Waals surface area contributed by atoms with E-state index >= 15 is 0 Å². The van der Waals surface area contributed by atoms with Gasteiger partial charge >= 0.3 is 0 Å². The Morgan fingerprint density at radius 3 is 2.56 bits per heavy atom. The predicted molar refractivity (Wildman–Crippen MR) is 70.8 cm³/mol. The molecule has 105 valence electrons. The van der Waals surface area contributed by atoms with Crippen LogP contribution in [0, 0.1) is 6.42 Å². The average Bonchev–Trinajstić information content (AvgIpc) is 2.49. The third kappa shape index (κ3) is 3.91. The molecule has 2 rings (SSSR count). The SMILES string of the molecule is CS(=O)(=O)CNC[C@@H](O)CN1C2C[CH]CC1CC2. The molecule has 6 heteroatoms. The first-order valence-electron chi connectivity index (χ1n) is 6.59. The molecule has 18 heavy (non-hydrogen) atoms. The highest BCUT2D eigenvalue weighted by Crippen LogP contribution is 2.34. The zero-order chi connectivity index (χ0) is 13.2. The molecule has 2 saturated heterocycles. The van der Waals surface area contributed by atoms with Crippen LogP contribution in [0.2, 0.25) is 0 Å². The Morgan fingerprint density at radius 2 is 2.00 bits per heavy atom. The van der Waals surface area contributed by atoms with E-state index in [-0.39, 0.29) is 5.88 Å². The third-order valence-corrected chi connectivity index (χ3v) is 4.54. The molecule has 1 radical (unpaired) electrons. The van der Waals surface area contributed by atoms with Crippen LogP contribution in [0.25, 0.3) is 0 Å². The van der Waals surface area contributed by atoms with Crippen molar-refractivity contribution in [2.24, 2.45) is 0 Å². The van der Waals surface area contributed by atoms with Gasteiger partial charge in [0.05, 0.1) is 12.0 Å². The Morgan fingerprint density at radius 1 is 1.39 bits per heavy atom. The zero-order valence-corrected chi connectivity index (χ0v) is 11.7.